The Bertz CT molecular complexity index is 217. The Morgan fingerprint density at radius 3 is 2.92 bits per heavy atom. The maximum Gasteiger partial charge on any atom is 0.0190 e. The van der Waals surface area contributed by atoms with Gasteiger partial charge in [0.05, 0.1) is 0 Å². The summed E-state index contributed by atoms with van der Waals surface area (Å²) in [6.07, 6.45) is 2.80. The Balaban J connectivity index is 2.26. The fraction of sp³-hybridized carbons (Fsp3) is 0.818. The first kappa shape index (κ1) is 8.31. The van der Waals surface area contributed by atoms with Crippen LogP contribution in [0.15, 0.2) is 11.1 Å². The minimum Gasteiger partial charge on any atom is -0.302 e. The van der Waals surface area contributed by atoms with Gasteiger partial charge in [0.25, 0.3) is 0 Å². The van der Waals surface area contributed by atoms with Crippen LogP contribution in [0, 0.1) is 11.8 Å². The van der Waals surface area contributed by atoms with Crippen LogP contribution in [0.25, 0.3) is 0 Å². The van der Waals surface area contributed by atoms with E-state index in [0.29, 0.717) is 0 Å². The van der Waals surface area contributed by atoms with Crippen LogP contribution in [0.2, 0.25) is 0 Å². The van der Waals surface area contributed by atoms with E-state index < -0.39 is 0 Å². The highest BCUT2D eigenvalue weighted by molar-refractivity contribution is 5.24. The van der Waals surface area contributed by atoms with Gasteiger partial charge < -0.3 is 4.90 Å². The van der Waals surface area contributed by atoms with E-state index in [9.17, 15) is 0 Å². The topological polar surface area (TPSA) is 3.24 Å². The Labute approximate surface area is 75.4 Å². The molecule has 1 aliphatic heterocycles. The summed E-state index contributed by atoms with van der Waals surface area (Å²) in [4.78, 5) is 2.46. The summed E-state index contributed by atoms with van der Waals surface area (Å²) in [7, 11) is 2.24. The zero-order valence-electron chi connectivity index (χ0n) is 8.43. The van der Waals surface area contributed by atoms with Crippen molar-refractivity contribution in [3.8, 4) is 0 Å². The Morgan fingerprint density at radius 1 is 1.42 bits per heavy atom. The standard InChI is InChI=1S/C11H19N/c1-8-4-5-10-9(2)6-12(3)7-11(8)10/h8,11H,4-7H2,1-3H3. The van der Waals surface area contributed by atoms with Crippen molar-refractivity contribution in [1.29, 1.82) is 0 Å². The maximum absolute atomic E-state index is 2.46. The van der Waals surface area contributed by atoms with E-state index in [2.05, 4.69) is 25.8 Å². The SMILES string of the molecule is CC1=C2CCC(C)C2CN(C)C1. The van der Waals surface area contributed by atoms with Gasteiger partial charge in [-0.2, -0.15) is 0 Å². The number of hydrogen-bond acceptors (Lipinski definition) is 1. The first-order valence-electron chi connectivity index (χ1n) is 5.05. The minimum atomic E-state index is 0.892. The molecule has 1 heteroatoms. The molecule has 68 valence electrons. The van der Waals surface area contributed by atoms with E-state index in [4.69, 9.17) is 0 Å². The van der Waals surface area contributed by atoms with Crippen LogP contribution >= 0.6 is 0 Å². The number of rotatable bonds is 0. The van der Waals surface area contributed by atoms with Crippen LogP contribution in [0.3, 0.4) is 0 Å². The fourth-order valence-electron chi connectivity index (χ4n) is 2.84. The Kier molecular flexibility index (Phi) is 1.99. The third-order valence-corrected chi connectivity index (χ3v) is 3.57. The molecule has 1 fully saturated rings. The smallest absolute Gasteiger partial charge is 0.0190 e. The number of fused-ring (bicyclic) bond motifs is 1. The normalized spacial score (nSPS) is 37.2. The molecule has 0 spiro atoms. The van der Waals surface area contributed by atoms with Crippen molar-refractivity contribution in [3.05, 3.63) is 11.1 Å². The average molecular weight is 165 g/mol. The molecule has 0 N–H and O–H groups in total. The summed E-state index contributed by atoms with van der Waals surface area (Å²) < 4.78 is 0. The van der Waals surface area contributed by atoms with Gasteiger partial charge in [-0.3, -0.25) is 0 Å². The molecule has 0 saturated heterocycles. The Hall–Kier alpha value is -0.300. The zero-order valence-corrected chi connectivity index (χ0v) is 8.43. The lowest BCUT2D eigenvalue weighted by Gasteiger charge is -2.31. The minimum absolute atomic E-state index is 0.892. The van der Waals surface area contributed by atoms with Gasteiger partial charge in [0.1, 0.15) is 0 Å². The van der Waals surface area contributed by atoms with E-state index in [1.54, 1.807) is 11.1 Å². The summed E-state index contributed by atoms with van der Waals surface area (Å²) >= 11 is 0. The van der Waals surface area contributed by atoms with Crippen molar-refractivity contribution in [2.45, 2.75) is 26.7 Å². The molecule has 0 aromatic rings. The molecule has 0 amide bonds. The molecular formula is C11H19N. The van der Waals surface area contributed by atoms with E-state index in [-0.39, 0.29) is 0 Å². The van der Waals surface area contributed by atoms with E-state index >= 15 is 0 Å². The lowest BCUT2D eigenvalue weighted by molar-refractivity contribution is 0.265. The first-order valence-corrected chi connectivity index (χ1v) is 5.05. The van der Waals surface area contributed by atoms with Crippen LogP contribution in [0.5, 0.6) is 0 Å². The summed E-state index contributed by atoms with van der Waals surface area (Å²) in [5, 5.41) is 0. The molecule has 0 radical (unpaired) electrons. The van der Waals surface area contributed by atoms with E-state index in [1.807, 2.05) is 0 Å². The quantitative estimate of drug-likeness (QED) is 0.498. The third-order valence-electron chi connectivity index (χ3n) is 3.57. The third kappa shape index (κ3) is 1.20. The zero-order chi connectivity index (χ0) is 8.72. The van der Waals surface area contributed by atoms with Crippen molar-refractivity contribution < 1.29 is 0 Å². The van der Waals surface area contributed by atoms with Crippen molar-refractivity contribution >= 4 is 0 Å². The lowest BCUT2D eigenvalue weighted by Crippen LogP contribution is -2.34. The second-order valence-electron chi connectivity index (χ2n) is 4.62. The van der Waals surface area contributed by atoms with Gasteiger partial charge >= 0.3 is 0 Å². The van der Waals surface area contributed by atoms with Crippen LogP contribution < -0.4 is 0 Å². The summed E-state index contributed by atoms with van der Waals surface area (Å²) in [5.41, 5.74) is 3.44. The lowest BCUT2D eigenvalue weighted by atomic mass is 9.89. The summed E-state index contributed by atoms with van der Waals surface area (Å²) in [6, 6.07) is 0. The van der Waals surface area contributed by atoms with Gasteiger partial charge in [-0.25, -0.2) is 0 Å². The van der Waals surface area contributed by atoms with Crippen LogP contribution in [-0.2, 0) is 0 Å². The van der Waals surface area contributed by atoms with Crippen molar-refractivity contribution in [2.24, 2.45) is 11.8 Å². The highest BCUT2D eigenvalue weighted by atomic mass is 15.1. The molecule has 12 heavy (non-hydrogen) atoms. The monoisotopic (exact) mass is 165 g/mol. The van der Waals surface area contributed by atoms with Crippen LogP contribution in [0.4, 0.5) is 0 Å². The highest BCUT2D eigenvalue weighted by Gasteiger charge is 2.32. The van der Waals surface area contributed by atoms with Gasteiger partial charge in [-0.15, -0.1) is 0 Å². The van der Waals surface area contributed by atoms with Gasteiger partial charge in [0, 0.05) is 13.1 Å². The van der Waals surface area contributed by atoms with E-state index in [0.717, 1.165) is 11.8 Å². The average Bonchev–Trinajstić information content (AvgIpc) is 2.33. The molecule has 1 saturated carbocycles. The predicted octanol–water partition coefficient (Wildman–Crippen LogP) is 2.29. The molecule has 0 bridgehead atoms. The van der Waals surface area contributed by atoms with E-state index in [1.165, 1.54) is 25.9 Å². The molecule has 1 nitrogen and oxygen atoms in total. The molecular weight excluding hydrogens is 146 g/mol. The van der Waals surface area contributed by atoms with Crippen molar-refractivity contribution in [2.75, 3.05) is 20.1 Å². The molecule has 2 aliphatic rings. The fourth-order valence-corrected chi connectivity index (χ4v) is 2.84. The molecule has 0 aromatic heterocycles. The van der Waals surface area contributed by atoms with Crippen molar-refractivity contribution in [1.82, 2.24) is 4.90 Å². The molecule has 1 heterocycles. The van der Waals surface area contributed by atoms with Crippen molar-refractivity contribution in [3.63, 3.8) is 0 Å². The molecule has 2 unspecified atom stereocenters. The molecule has 1 aliphatic carbocycles. The van der Waals surface area contributed by atoms with Crippen LogP contribution in [-0.4, -0.2) is 25.0 Å². The van der Waals surface area contributed by atoms with Gasteiger partial charge in [0.15, 0.2) is 0 Å². The van der Waals surface area contributed by atoms with Gasteiger partial charge in [-0.1, -0.05) is 18.1 Å². The van der Waals surface area contributed by atoms with Crippen LogP contribution in [0.1, 0.15) is 26.7 Å². The van der Waals surface area contributed by atoms with Gasteiger partial charge in [-0.05, 0) is 38.6 Å². The number of likely N-dealkylation sites (N-methyl/N-ethyl adjacent to an activating group) is 1. The maximum atomic E-state index is 2.46. The van der Waals surface area contributed by atoms with Gasteiger partial charge in [0.2, 0.25) is 0 Å². The molecule has 0 aromatic carbocycles. The number of hydrogen-bond donors (Lipinski definition) is 0. The largest absolute Gasteiger partial charge is 0.302 e. The second-order valence-corrected chi connectivity index (χ2v) is 4.62. The summed E-state index contributed by atoms with van der Waals surface area (Å²) in [6.45, 7) is 7.23. The predicted molar refractivity (Wildman–Crippen MR) is 52.1 cm³/mol. The second kappa shape index (κ2) is 2.88. The molecule has 2 rings (SSSR count). The highest BCUT2D eigenvalue weighted by Crippen LogP contribution is 2.40. The first-order chi connectivity index (χ1) is 5.68. The number of nitrogens with zero attached hydrogens (tertiary/aromatic N) is 1. The Morgan fingerprint density at radius 2 is 2.17 bits per heavy atom. The summed E-state index contributed by atoms with van der Waals surface area (Å²) in [5.74, 6) is 1.82. The molecule has 2 atom stereocenters.